The zero-order chi connectivity index (χ0) is 61.7. The summed E-state index contributed by atoms with van der Waals surface area (Å²) in [4.78, 5) is 164. The first-order chi connectivity index (χ1) is 40.6. The number of fused-ring (bicyclic) bond motifs is 1. The lowest BCUT2D eigenvalue weighted by atomic mass is 10.0. The molecular weight excluding hydrogens is 1110 g/mol. The van der Waals surface area contributed by atoms with Crippen LogP contribution in [0.2, 0.25) is 0 Å². The number of H-pyrrole nitrogens is 2. The summed E-state index contributed by atoms with van der Waals surface area (Å²) < 4.78 is 0. The summed E-state index contributed by atoms with van der Waals surface area (Å²) in [6, 6.07) is 2.39. The van der Waals surface area contributed by atoms with Crippen LogP contribution < -0.4 is 64.9 Å². The number of nitrogens with zero attached hydrogens (tertiary/aromatic N) is 3. The number of carbonyl (C=O) groups excluding carboxylic acids is 11. The third-order valence-electron chi connectivity index (χ3n) is 14.0. The summed E-state index contributed by atoms with van der Waals surface area (Å²) in [7, 11) is 0. The van der Waals surface area contributed by atoms with Crippen LogP contribution in [0.3, 0.4) is 0 Å². The standard InChI is InChI=1S/C55H75N17O13/c1-29(2)20-39(49(80)65-38(10-6-18-59-55(56)57)54(85)72-19-7-11-44(72)53(84)71-70-30(3)74)64-46(77)26-61-47(78)40(21-31-12-14-34(75)15-13-31)66-52(83)43(27-73)69-50(81)41(22-32-24-60-36-9-5-4-8-35(32)36)67-51(82)42(23-33-25-58-28-62-33)68-48(79)37-16-17-45(76)63-37/h4-5,8-9,12-15,24-25,28-29,37-44,60,73,75H,6-7,10-11,16-23,26-27H2,1-3H3,(H,58,62)(H,61,78)(H,63,76)(H,64,77)(H,65,80)(H,66,83)(H,67,82)(H,68,79)(H,69,81)(H,70,74)(H,71,84)(H4,56,57,59)/t37-,38-,39-,40-,41-,42-,43-,44-/m0/s1. The van der Waals surface area contributed by atoms with Gasteiger partial charge in [0, 0.05) is 74.7 Å². The molecule has 458 valence electrons. The fraction of sp³-hybridized carbons (Fsp3) is 0.473. The third kappa shape index (κ3) is 19.5. The fourth-order valence-electron chi connectivity index (χ4n) is 9.73. The van der Waals surface area contributed by atoms with E-state index >= 15 is 0 Å². The van der Waals surface area contributed by atoms with Crippen molar-refractivity contribution in [3.05, 3.63) is 84.1 Å². The molecule has 18 N–H and O–H groups in total. The highest BCUT2D eigenvalue weighted by atomic mass is 16.3. The third-order valence-corrected chi connectivity index (χ3v) is 14.0. The van der Waals surface area contributed by atoms with Crippen LogP contribution >= 0.6 is 0 Å². The zero-order valence-corrected chi connectivity index (χ0v) is 47.3. The van der Waals surface area contributed by atoms with Gasteiger partial charge in [-0.1, -0.05) is 44.2 Å². The second kappa shape index (κ2) is 31.2. The summed E-state index contributed by atoms with van der Waals surface area (Å²) in [6.45, 7) is 3.28. The van der Waals surface area contributed by atoms with Crippen LogP contribution in [0.25, 0.3) is 10.9 Å². The van der Waals surface area contributed by atoms with Crippen LogP contribution in [0.4, 0.5) is 0 Å². The summed E-state index contributed by atoms with van der Waals surface area (Å²) in [6.07, 6.45) is 5.27. The summed E-state index contributed by atoms with van der Waals surface area (Å²) in [5, 5.41) is 42.1. The van der Waals surface area contributed by atoms with Crippen molar-refractivity contribution < 1.29 is 63.0 Å². The summed E-state index contributed by atoms with van der Waals surface area (Å²) in [5.41, 5.74) is 17.6. The largest absolute Gasteiger partial charge is 0.508 e. The summed E-state index contributed by atoms with van der Waals surface area (Å²) in [5.74, 6) is -8.62. The number of benzene rings is 2. The molecule has 2 saturated heterocycles. The average Bonchev–Trinajstić information content (AvgIpc) is 4.16. The number of hydrazine groups is 1. The van der Waals surface area contributed by atoms with E-state index in [4.69, 9.17) is 11.5 Å². The van der Waals surface area contributed by atoms with Crippen LogP contribution in [0.15, 0.2) is 72.2 Å². The number of likely N-dealkylation sites (tertiary alicyclic amines) is 1. The molecule has 0 aliphatic carbocycles. The predicted molar refractivity (Wildman–Crippen MR) is 305 cm³/mol. The molecule has 0 radical (unpaired) electrons. The predicted octanol–water partition coefficient (Wildman–Crippen LogP) is -3.82. The highest BCUT2D eigenvalue weighted by Crippen LogP contribution is 2.22. The number of guanidine groups is 1. The minimum atomic E-state index is -1.76. The Balaban J connectivity index is 1.16. The minimum absolute atomic E-state index is 0.0199. The van der Waals surface area contributed by atoms with E-state index in [2.05, 4.69) is 73.3 Å². The van der Waals surface area contributed by atoms with Gasteiger partial charge < -0.3 is 79.1 Å². The smallest absolute Gasteiger partial charge is 0.261 e. The van der Waals surface area contributed by atoms with Crippen molar-refractivity contribution in [1.29, 1.82) is 0 Å². The van der Waals surface area contributed by atoms with E-state index < -0.39 is 121 Å². The Morgan fingerprint density at radius 1 is 0.753 bits per heavy atom. The molecule has 30 nitrogen and oxygen atoms in total. The molecular formula is C55H75N17O13. The van der Waals surface area contributed by atoms with Gasteiger partial charge in [0.15, 0.2) is 5.96 Å². The second-order valence-corrected chi connectivity index (χ2v) is 21.1. The number of phenols is 1. The molecule has 6 rings (SSSR count). The Morgan fingerprint density at radius 3 is 2.06 bits per heavy atom. The number of hydrogen-bond donors (Lipinski definition) is 16. The molecule has 30 heteroatoms. The number of nitrogens with two attached hydrogens (primary N) is 2. The number of aliphatic hydroxyl groups excluding tert-OH is 1. The van der Waals surface area contributed by atoms with Crippen LogP contribution in [-0.2, 0) is 72.0 Å². The number of aromatic amines is 2. The molecule has 2 fully saturated rings. The van der Waals surface area contributed by atoms with Gasteiger partial charge in [0.05, 0.1) is 19.5 Å². The number of hydrogen-bond acceptors (Lipinski definition) is 15. The van der Waals surface area contributed by atoms with Crippen LogP contribution in [0, 0.1) is 5.92 Å². The monoisotopic (exact) mass is 1180 g/mol. The van der Waals surface area contributed by atoms with E-state index in [9.17, 15) is 63.0 Å². The van der Waals surface area contributed by atoms with E-state index in [0.717, 1.165) is 0 Å². The number of aliphatic imine (C=N–C) groups is 1. The van der Waals surface area contributed by atoms with E-state index in [0.29, 0.717) is 34.1 Å². The molecule has 0 saturated carbocycles. The topological polar surface area (TPSA) is 461 Å². The SMILES string of the molecule is CC(=O)NNC(=O)[C@@H]1CCCN1C(=O)[C@H](CCCN=C(N)N)NC(=O)[C@H](CC(C)C)NC(=O)CNC(=O)[C@H](Cc1ccc(O)cc1)NC(=O)[C@H](CO)NC(=O)[C@H](Cc1c[nH]c2ccccc12)NC(=O)[C@H](Cc1cnc[nH]1)NC(=O)[C@@H]1CCC(=O)N1. The molecule has 85 heavy (non-hydrogen) atoms. The first kappa shape index (κ1) is 64.6. The number of carbonyl (C=O) groups is 11. The number of aromatic hydroxyl groups is 1. The molecule has 4 aromatic rings. The maximum Gasteiger partial charge on any atom is 0.261 e. The second-order valence-electron chi connectivity index (χ2n) is 21.1. The van der Waals surface area contributed by atoms with Crippen molar-refractivity contribution in [2.45, 2.75) is 133 Å². The van der Waals surface area contributed by atoms with Gasteiger partial charge in [0.1, 0.15) is 54.1 Å². The first-order valence-electron chi connectivity index (χ1n) is 27.8. The van der Waals surface area contributed by atoms with Gasteiger partial charge in [-0.25, -0.2) is 4.98 Å². The van der Waals surface area contributed by atoms with Crippen molar-refractivity contribution in [2.24, 2.45) is 22.4 Å². The van der Waals surface area contributed by atoms with Gasteiger partial charge >= 0.3 is 0 Å². The van der Waals surface area contributed by atoms with Crippen LogP contribution in [0.5, 0.6) is 5.75 Å². The van der Waals surface area contributed by atoms with Crippen molar-refractivity contribution in [1.82, 2.24) is 73.2 Å². The number of nitrogens with one attached hydrogen (secondary N) is 12. The number of rotatable bonds is 29. The number of imidazole rings is 1. The molecule has 0 unspecified atom stereocenters. The van der Waals surface area contributed by atoms with Crippen molar-refractivity contribution in [2.75, 3.05) is 26.2 Å². The average molecular weight is 1180 g/mol. The molecule has 2 aromatic carbocycles. The van der Waals surface area contributed by atoms with Crippen molar-refractivity contribution in [3.63, 3.8) is 0 Å². The lowest BCUT2D eigenvalue weighted by Crippen LogP contribution is -2.60. The lowest BCUT2D eigenvalue weighted by molar-refractivity contribution is -0.142. The van der Waals surface area contributed by atoms with Gasteiger partial charge in [0.2, 0.25) is 59.1 Å². The quantitative estimate of drug-likeness (QED) is 0.0107. The van der Waals surface area contributed by atoms with Crippen LogP contribution in [0.1, 0.15) is 82.5 Å². The Bertz CT molecular complexity index is 3060. The first-order valence-corrected chi connectivity index (χ1v) is 27.8. The van der Waals surface area contributed by atoms with E-state index in [-0.39, 0.29) is 94.4 Å². The number of para-hydroxylation sites is 1. The van der Waals surface area contributed by atoms with E-state index in [1.807, 2.05) is 0 Å². The number of amides is 11. The Hall–Kier alpha value is -9.61. The Kier molecular flexibility index (Phi) is 23.7. The molecule has 0 bridgehead atoms. The number of aromatic nitrogens is 3. The molecule has 2 aliphatic heterocycles. The summed E-state index contributed by atoms with van der Waals surface area (Å²) >= 11 is 0. The van der Waals surface area contributed by atoms with Crippen molar-refractivity contribution in [3.8, 4) is 5.75 Å². The van der Waals surface area contributed by atoms with Gasteiger partial charge in [-0.15, -0.1) is 0 Å². The highest BCUT2D eigenvalue weighted by molar-refractivity contribution is 5.99. The number of aliphatic hydroxyl groups is 1. The normalized spacial score (nSPS) is 16.7. The van der Waals surface area contributed by atoms with Crippen LogP contribution in [-0.4, -0.2) is 176 Å². The minimum Gasteiger partial charge on any atom is -0.508 e. The molecule has 2 aromatic heterocycles. The molecule has 11 amide bonds. The molecule has 2 aliphatic rings. The van der Waals surface area contributed by atoms with Gasteiger partial charge in [-0.2, -0.15) is 0 Å². The maximum absolute atomic E-state index is 14.4. The van der Waals surface area contributed by atoms with Crippen molar-refractivity contribution >= 4 is 81.8 Å². The highest BCUT2D eigenvalue weighted by Gasteiger charge is 2.39. The lowest BCUT2D eigenvalue weighted by Gasteiger charge is -2.30. The Morgan fingerprint density at radius 2 is 1.41 bits per heavy atom. The molecule has 4 heterocycles. The fourth-order valence-corrected chi connectivity index (χ4v) is 9.73. The zero-order valence-electron chi connectivity index (χ0n) is 47.3. The van der Waals surface area contributed by atoms with Gasteiger partial charge in [-0.05, 0) is 73.8 Å². The van der Waals surface area contributed by atoms with Gasteiger partial charge in [-0.3, -0.25) is 68.6 Å². The molecule has 0 spiro atoms. The van der Waals surface area contributed by atoms with Gasteiger partial charge in [0.25, 0.3) is 5.91 Å². The Labute approximate surface area is 488 Å². The van der Waals surface area contributed by atoms with E-state index in [1.54, 1.807) is 44.3 Å². The molecule has 8 atom stereocenters. The van der Waals surface area contributed by atoms with E-state index in [1.165, 1.54) is 48.6 Å². The maximum atomic E-state index is 14.4. The number of phenolic OH excluding ortho intramolecular Hbond substituents is 1.